The molecule has 0 N–H and O–H groups in total. The standard InChI is InChI=1S/C21H30N6O/c1-16-19(21(28)27-9-4-3-5-10-27)12-22-20(24-16)18-7-6-8-26(15-18)14-17-11-23-25(2)13-17/h11-13,18H,3-10,14-15H2,1-2H3/t18-/m0/s1. The van der Waals surface area contributed by atoms with Crippen molar-refractivity contribution in [2.75, 3.05) is 26.2 Å². The highest BCUT2D eigenvalue weighted by atomic mass is 16.2. The van der Waals surface area contributed by atoms with E-state index in [1.54, 1.807) is 6.20 Å². The Kier molecular flexibility index (Phi) is 5.71. The summed E-state index contributed by atoms with van der Waals surface area (Å²) in [4.78, 5) is 26.6. The largest absolute Gasteiger partial charge is 0.339 e. The van der Waals surface area contributed by atoms with Crippen molar-refractivity contribution in [3.05, 3.63) is 41.2 Å². The minimum absolute atomic E-state index is 0.0885. The highest BCUT2D eigenvalue weighted by Gasteiger charge is 2.26. The first-order valence-corrected chi connectivity index (χ1v) is 10.4. The third kappa shape index (κ3) is 4.24. The van der Waals surface area contributed by atoms with E-state index in [9.17, 15) is 4.79 Å². The van der Waals surface area contributed by atoms with E-state index in [-0.39, 0.29) is 5.91 Å². The van der Waals surface area contributed by atoms with Crippen molar-refractivity contribution in [3.63, 3.8) is 0 Å². The predicted molar refractivity (Wildman–Crippen MR) is 107 cm³/mol. The van der Waals surface area contributed by atoms with E-state index in [1.165, 1.54) is 12.0 Å². The number of carbonyl (C=O) groups is 1. The number of hydrogen-bond donors (Lipinski definition) is 0. The molecule has 7 heteroatoms. The maximum atomic E-state index is 12.8. The maximum Gasteiger partial charge on any atom is 0.257 e. The smallest absolute Gasteiger partial charge is 0.257 e. The van der Waals surface area contributed by atoms with Crippen molar-refractivity contribution >= 4 is 5.91 Å². The van der Waals surface area contributed by atoms with E-state index in [1.807, 2.05) is 29.7 Å². The van der Waals surface area contributed by atoms with Crippen molar-refractivity contribution in [3.8, 4) is 0 Å². The van der Waals surface area contributed by atoms with Crippen LogP contribution in [0.3, 0.4) is 0 Å². The molecule has 0 spiro atoms. The zero-order valence-corrected chi connectivity index (χ0v) is 17.0. The Hall–Kier alpha value is -2.28. The van der Waals surface area contributed by atoms with Gasteiger partial charge in [-0.2, -0.15) is 5.10 Å². The van der Waals surface area contributed by atoms with Gasteiger partial charge in [0.15, 0.2) is 0 Å². The van der Waals surface area contributed by atoms with E-state index in [0.717, 1.165) is 69.9 Å². The Labute approximate surface area is 166 Å². The summed E-state index contributed by atoms with van der Waals surface area (Å²) in [5.41, 5.74) is 2.71. The first kappa shape index (κ1) is 19.1. The Morgan fingerprint density at radius 2 is 1.96 bits per heavy atom. The third-order valence-electron chi connectivity index (χ3n) is 5.91. The molecule has 4 rings (SSSR count). The molecule has 0 saturated carbocycles. The Balaban J connectivity index is 1.43. The number of amides is 1. The SMILES string of the molecule is Cc1nc([C@H]2CCCN(Cc3cnn(C)c3)C2)ncc1C(=O)N1CCCCC1. The molecule has 28 heavy (non-hydrogen) atoms. The zero-order valence-electron chi connectivity index (χ0n) is 17.0. The molecular weight excluding hydrogens is 352 g/mol. The van der Waals surface area contributed by atoms with Gasteiger partial charge in [-0.15, -0.1) is 0 Å². The van der Waals surface area contributed by atoms with Gasteiger partial charge in [0.05, 0.1) is 17.5 Å². The molecule has 0 bridgehead atoms. The molecule has 2 aliphatic heterocycles. The highest BCUT2D eigenvalue weighted by Crippen LogP contribution is 2.26. The lowest BCUT2D eigenvalue weighted by molar-refractivity contribution is 0.0722. The van der Waals surface area contributed by atoms with Gasteiger partial charge in [-0.1, -0.05) is 0 Å². The molecular formula is C21H30N6O. The number of aromatic nitrogens is 4. The normalized spacial score (nSPS) is 21.1. The highest BCUT2D eigenvalue weighted by molar-refractivity contribution is 5.95. The lowest BCUT2D eigenvalue weighted by Crippen LogP contribution is -2.36. The molecule has 0 aliphatic carbocycles. The first-order chi connectivity index (χ1) is 13.6. The zero-order chi connectivity index (χ0) is 19.5. The van der Waals surface area contributed by atoms with Crippen LogP contribution in [0.1, 0.15) is 65.5 Å². The maximum absolute atomic E-state index is 12.8. The second-order valence-electron chi connectivity index (χ2n) is 8.18. The first-order valence-electron chi connectivity index (χ1n) is 10.4. The molecule has 2 saturated heterocycles. The van der Waals surface area contributed by atoms with Gasteiger partial charge < -0.3 is 4.90 Å². The number of piperidine rings is 2. The molecule has 4 heterocycles. The van der Waals surface area contributed by atoms with E-state index >= 15 is 0 Å². The summed E-state index contributed by atoms with van der Waals surface area (Å²) in [6.45, 7) is 6.61. The molecule has 2 aliphatic rings. The Morgan fingerprint density at radius 3 is 2.68 bits per heavy atom. The van der Waals surface area contributed by atoms with Crippen molar-refractivity contribution in [2.45, 2.75) is 51.5 Å². The van der Waals surface area contributed by atoms with Crippen LogP contribution in [0.2, 0.25) is 0 Å². The lowest BCUT2D eigenvalue weighted by atomic mass is 9.96. The number of aryl methyl sites for hydroxylation is 2. The summed E-state index contributed by atoms with van der Waals surface area (Å²) in [6, 6.07) is 0. The van der Waals surface area contributed by atoms with Crippen LogP contribution in [0, 0.1) is 6.92 Å². The Morgan fingerprint density at radius 1 is 1.14 bits per heavy atom. The lowest BCUT2D eigenvalue weighted by Gasteiger charge is -2.32. The van der Waals surface area contributed by atoms with Crippen LogP contribution < -0.4 is 0 Å². The molecule has 2 fully saturated rings. The van der Waals surface area contributed by atoms with Crippen LogP contribution in [0.25, 0.3) is 0 Å². The Bertz CT molecular complexity index is 826. The monoisotopic (exact) mass is 382 g/mol. The average molecular weight is 383 g/mol. The van der Waals surface area contributed by atoms with Gasteiger partial charge in [0, 0.05) is 57.1 Å². The van der Waals surface area contributed by atoms with Gasteiger partial charge in [-0.25, -0.2) is 9.97 Å². The number of hydrogen-bond acceptors (Lipinski definition) is 5. The quantitative estimate of drug-likeness (QED) is 0.813. The fourth-order valence-corrected chi connectivity index (χ4v) is 4.38. The van der Waals surface area contributed by atoms with Gasteiger partial charge in [0.1, 0.15) is 5.82 Å². The van der Waals surface area contributed by atoms with Crippen LogP contribution in [-0.2, 0) is 13.6 Å². The molecule has 1 amide bonds. The van der Waals surface area contributed by atoms with Crippen molar-refractivity contribution in [1.29, 1.82) is 0 Å². The summed E-state index contributed by atoms with van der Waals surface area (Å²) in [5.74, 6) is 1.29. The minimum Gasteiger partial charge on any atom is -0.339 e. The van der Waals surface area contributed by atoms with Crippen LogP contribution in [0.5, 0.6) is 0 Å². The fraction of sp³-hybridized carbons (Fsp3) is 0.619. The summed E-state index contributed by atoms with van der Waals surface area (Å²) in [6.07, 6.45) is 11.4. The van der Waals surface area contributed by atoms with Crippen molar-refractivity contribution in [1.82, 2.24) is 29.5 Å². The average Bonchev–Trinajstić information content (AvgIpc) is 3.13. The molecule has 2 aromatic heterocycles. The van der Waals surface area contributed by atoms with Gasteiger partial charge in [-0.3, -0.25) is 14.4 Å². The molecule has 0 unspecified atom stereocenters. The van der Waals surface area contributed by atoms with Crippen LogP contribution >= 0.6 is 0 Å². The molecule has 7 nitrogen and oxygen atoms in total. The molecule has 0 aromatic carbocycles. The molecule has 0 radical (unpaired) electrons. The van der Waals surface area contributed by atoms with Crippen LogP contribution in [-0.4, -0.2) is 61.6 Å². The number of nitrogens with zero attached hydrogens (tertiary/aromatic N) is 6. The summed E-state index contributed by atoms with van der Waals surface area (Å²) in [7, 11) is 1.95. The van der Waals surface area contributed by atoms with Crippen molar-refractivity contribution < 1.29 is 4.79 Å². The number of rotatable bonds is 4. The minimum atomic E-state index is 0.0885. The van der Waals surface area contributed by atoms with Crippen molar-refractivity contribution in [2.24, 2.45) is 7.05 Å². The van der Waals surface area contributed by atoms with Gasteiger partial charge in [0.2, 0.25) is 0 Å². The number of likely N-dealkylation sites (tertiary alicyclic amines) is 2. The molecule has 2 aromatic rings. The third-order valence-corrected chi connectivity index (χ3v) is 5.91. The van der Waals surface area contributed by atoms with Gasteiger partial charge in [0.25, 0.3) is 5.91 Å². The second-order valence-corrected chi connectivity index (χ2v) is 8.18. The fourth-order valence-electron chi connectivity index (χ4n) is 4.38. The summed E-state index contributed by atoms with van der Waals surface area (Å²) < 4.78 is 1.85. The number of carbonyl (C=O) groups excluding carboxylic acids is 1. The van der Waals surface area contributed by atoms with Crippen LogP contribution in [0.4, 0.5) is 0 Å². The van der Waals surface area contributed by atoms with Gasteiger partial charge in [-0.05, 0) is 45.6 Å². The summed E-state index contributed by atoms with van der Waals surface area (Å²) in [5, 5.41) is 4.26. The molecule has 150 valence electrons. The van der Waals surface area contributed by atoms with E-state index in [4.69, 9.17) is 4.98 Å². The summed E-state index contributed by atoms with van der Waals surface area (Å²) >= 11 is 0. The molecule has 1 atom stereocenters. The van der Waals surface area contributed by atoms with E-state index < -0.39 is 0 Å². The van der Waals surface area contributed by atoms with Gasteiger partial charge >= 0.3 is 0 Å². The van der Waals surface area contributed by atoms with Crippen LogP contribution in [0.15, 0.2) is 18.6 Å². The second kappa shape index (κ2) is 8.39. The predicted octanol–water partition coefficient (Wildman–Crippen LogP) is 2.52. The topological polar surface area (TPSA) is 67.2 Å². The van der Waals surface area contributed by atoms with E-state index in [0.29, 0.717) is 11.5 Å². The van der Waals surface area contributed by atoms with E-state index in [2.05, 4.69) is 21.2 Å².